The zero-order valence-corrected chi connectivity index (χ0v) is 16.5. The Morgan fingerprint density at radius 2 is 1.68 bits per heavy atom. The van der Waals surface area contributed by atoms with Gasteiger partial charge in [-0.3, -0.25) is 9.78 Å². The molecule has 0 saturated carbocycles. The van der Waals surface area contributed by atoms with E-state index in [4.69, 9.17) is 0 Å². The summed E-state index contributed by atoms with van der Waals surface area (Å²) in [7, 11) is -3.37. The smallest absolute Gasteiger partial charge is 0.256 e. The molecule has 6 heteroatoms. The van der Waals surface area contributed by atoms with E-state index < -0.39 is 15.1 Å². The second kappa shape index (κ2) is 7.36. The summed E-state index contributed by atoms with van der Waals surface area (Å²) in [6, 6.07) is 18.0. The molecule has 28 heavy (non-hydrogen) atoms. The molecule has 0 aliphatic carbocycles. The number of hydrogen-bond donors (Lipinski definition) is 0. The first-order valence-corrected chi connectivity index (χ1v) is 11.0. The lowest BCUT2D eigenvalue weighted by Gasteiger charge is -2.32. The van der Waals surface area contributed by atoms with Gasteiger partial charge in [-0.1, -0.05) is 36.4 Å². The molecule has 1 amide bonds. The van der Waals surface area contributed by atoms with E-state index in [0.29, 0.717) is 41.9 Å². The van der Waals surface area contributed by atoms with Gasteiger partial charge < -0.3 is 4.90 Å². The van der Waals surface area contributed by atoms with Gasteiger partial charge in [0.15, 0.2) is 9.84 Å². The van der Waals surface area contributed by atoms with E-state index in [-0.39, 0.29) is 5.91 Å². The largest absolute Gasteiger partial charge is 0.338 e. The van der Waals surface area contributed by atoms with E-state index in [9.17, 15) is 13.2 Å². The minimum atomic E-state index is -3.37. The van der Waals surface area contributed by atoms with Crippen LogP contribution in [0, 0.1) is 6.92 Å². The predicted octanol–water partition coefficient (Wildman–Crippen LogP) is 3.62. The maximum Gasteiger partial charge on any atom is 0.256 e. The lowest BCUT2D eigenvalue weighted by atomic mass is 10.1. The predicted molar refractivity (Wildman–Crippen MR) is 109 cm³/mol. The van der Waals surface area contributed by atoms with E-state index >= 15 is 0 Å². The molecule has 2 heterocycles. The number of nitrogens with zero attached hydrogens (tertiary/aromatic N) is 2. The quantitative estimate of drug-likeness (QED) is 0.680. The highest BCUT2D eigenvalue weighted by atomic mass is 32.2. The van der Waals surface area contributed by atoms with Gasteiger partial charge in [0.25, 0.3) is 5.91 Å². The van der Waals surface area contributed by atoms with Crippen LogP contribution >= 0.6 is 0 Å². The van der Waals surface area contributed by atoms with Crippen molar-refractivity contribution in [3.8, 4) is 0 Å². The fourth-order valence-corrected chi connectivity index (χ4v) is 5.51. The highest BCUT2D eigenvalue weighted by molar-refractivity contribution is 7.92. The number of likely N-dealkylation sites (tertiary alicyclic amines) is 1. The fraction of sp³-hybridized carbons (Fsp3) is 0.273. The highest BCUT2D eigenvalue weighted by Gasteiger charge is 2.33. The molecule has 4 rings (SSSR count). The number of hydrogen-bond acceptors (Lipinski definition) is 4. The minimum absolute atomic E-state index is 0.0840. The van der Waals surface area contributed by atoms with Crippen LogP contribution < -0.4 is 0 Å². The molecule has 0 radical (unpaired) electrons. The zero-order chi connectivity index (χ0) is 19.7. The minimum Gasteiger partial charge on any atom is -0.338 e. The average molecular weight is 394 g/mol. The molecule has 1 aliphatic rings. The molecule has 144 valence electrons. The second-order valence-corrected chi connectivity index (χ2v) is 9.41. The number of pyridine rings is 1. The molecule has 1 fully saturated rings. The van der Waals surface area contributed by atoms with Crippen LogP contribution in [0.25, 0.3) is 10.9 Å². The maximum absolute atomic E-state index is 13.1. The number of rotatable bonds is 3. The normalized spacial score (nSPS) is 15.7. The molecule has 5 nitrogen and oxygen atoms in total. The monoisotopic (exact) mass is 394 g/mol. The van der Waals surface area contributed by atoms with Crippen molar-refractivity contribution >= 4 is 26.6 Å². The molecule has 1 saturated heterocycles. The van der Waals surface area contributed by atoms with E-state index in [1.807, 2.05) is 31.2 Å². The van der Waals surface area contributed by atoms with Crippen molar-refractivity contribution in [3.63, 3.8) is 0 Å². The van der Waals surface area contributed by atoms with E-state index in [0.717, 1.165) is 11.1 Å². The number of benzene rings is 2. The lowest BCUT2D eigenvalue weighted by molar-refractivity contribution is 0.0727. The summed E-state index contributed by atoms with van der Waals surface area (Å²) < 4.78 is 25.7. The Morgan fingerprint density at radius 3 is 2.39 bits per heavy atom. The van der Waals surface area contributed by atoms with Gasteiger partial charge in [-0.25, -0.2) is 8.42 Å². The second-order valence-electron chi connectivity index (χ2n) is 7.18. The van der Waals surface area contributed by atoms with Crippen LogP contribution in [0.3, 0.4) is 0 Å². The molecule has 1 aliphatic heterocycles. The summed E-state index contributed by atoms with van der Waals surface area (Å²) in [4.78, 5) is 19.7. The molecule has 1 aromatic heterocycles. The van der Waals surface area contributed by atoms with Crippen molar-refractivity contribution in [2.75, 3.05) is 13.1 Å². The first-order valence-electron chi connectivity index (χ1n) is 9.41. The molecule has 0 N–H and O–H groups in total. The highest BCUT2D eigenvalue weighted by Crippen LogP contribution is 2.26. The van der Waals surface area contributed by atoms with Crippen LogP contribution in [0.4, 0.5) is 0 Å². The molecule has 2 aromatic carbocycles. The van der Waals surface area contributed by atoms with Gasteiger partial charge in [0, 0.05) is 24.2 Å². The lowest BCUT2D eigenvalue weighted by Crippen LogP contribution is -2.42. The summed E-state index contributed by atoms with van der Waals surface area (Å²) in [6.45, 7) is 2.76. The SMILES string of the molecule is Cc1ccc2cccc(C(=O)N3CCC(S(=O)(=O)c4ccccc4)CC3)c2n1. The van der Waals surface area contributed by atoms with Crippen LogP contribution in [0.5, 0.6) is 0 Å². The van der Waals surface area contributed by atoms with Crippen LogP contribution in [-0.2, 0) is 9.84 Å². The standard InChI is InChI=1S/C22H22N2O3S/c1-16-10-11-17-6-5-9-20(21(17)23-16)22(25)24-14-12-19(13-15-24)28(26,27)18-7-3-2-4-8-18/h2-11,19H,12-15H2,1H3. The topological polar surface area (TPSA) is 67.3 Å². The van der Waals surface area contributed by atoms with Crippen molar-refractivity contribution in [2.24, 2.45) is 0 Å². The average Bonchev–Trinajstić information content (AvgIpc) is 2.73. The van der Waals surface area contributed by atoms with E-state index in [1.54, 1.807) is 41.3 Å². The molecule has 0 bridgehead atoms. The Bertz CT molecular complexity index is 1120. The number of piperidine rings is 1. The summed E-state index contributed by atoms with van der Waals surface area (Å²) >= 11 is 0. The van der Waals surface area contributed by atoms with Crippen molar-refractivity contribution < 1.29 is 13.2 Å². The number of aromatic nitrogens is 1. The molecule has 3 aromatic rings. The van der Waals surface area contributed by atoms with Crippen molar-refractivity contribution in [1.82, 2.24) is 9.88 Å². The summed E-state index contributed by atoms with van der Waals surface area (Å²) in [6.07, 6.45) is 0.889. The summed E-state index contributed by atoms with van der Waals surface area (Å²) in [5.41, 5.74) is 2.14. The van der Waals surface area contributed by atoms with Crippen LogP contribution in [0.2, 0.25) is 0 Å². The Kier molecular flexibility index (Phi) is 4.89. The number of amides is 1. The van der Waals surface area contributed by atoms with Crippen molar-refractivity contribution in [1.29, 1.82) is 0 Å². The van der Waals surface area contributed by atoms with Crippen LogP contribution in [0.15, 0.2) is 65.6 Å². The number of carbonyl (C=O) groups excluding carboxylic acids is 1. The molecule has 0 atom stereocenters. The third-order valence-corrected chi connectivity index (χ3v) is 7.61. The molecule has 0 unspecified atom stereocenters. The third kappa shape index (κ3) is 3.40. The van der Waals surface area contributed by atoms with Gasteiger partial charge in [0.1, 0.15) is 0 Å². The fourth-order valence-electron chi connectivity index (χ4n) is 3.76. The number of fused-ring (bicyclic) bond motifs is 1. The first-order chi connectivity index (χ1) is 13.5. The Balaban J connectivity index is 1.53. The van der Waals surface area contributed by atoms with Gasteiger partial charge in [0.2, 0.25) is 0 Å². The van der Waals surface area contributed by atoms with E-state index in [1.165, 1.54) is 0 Å². The first kappa shape index (κ1) is 18.6. The Labute approximate surface area is 164 Å². The van der Waals surface area contributed by atoms with Gasteiger partial charge in [-0.15, -0.1) is 0 Å². The third-order valence-electron chi connectivity index (χ3n) is 5.33. The Morgan fingerprint density at radius 1 is 0.964 bits per heavy atom. The van der Waals surface area contributed by atoms with Gasteiger partial charge in [-0.2, -0.15) is 0 Å². The number of aryl methyl sites for hydroxylation is 1. The van der Waals surface area contributed by atoms with Crippen LogP contribution in [-0.4, -0.2) is 42.5 Å². The van der Waals surface area contributed by atoms with E-state index in [2.05, 4.69) is 4.98 Å². The van der Waals surface area contributed by atoms with Crippen LogP contribution in [0.1, 0.15) is 28.9 Å². The van der Waals surface area contributed by atoms with Gasteiger partial charge in [0.05, 0.1) is 21.2 Å². The Hall–Kier alpha value is -2.73. The number of para-hydroxylation sites is 1. The molecular weight excluding hydrogens is 372 g/mol. The van der Waals surface area contributed by atoms with Gasteiger partial charge in [-0.05, 0) is 44.0 Å². The summed E-state index contributed by atoms with van der Waals surface area (Å²) in [5.74, 6) is -0.0840. The van der Waals surface area contributed by atoms with Crippen molar-refractivity contribution in [2.45, 2.75) is 29.9 Å². The van der Waals surface area contributed by atoms with Gasteiger partial charge >= 0.3 is 0 Å². The molecular formula is C22H22N2O3S. The number of carbonyl (C=O) groups is 1. The summed E-state index contributed by atoms with van der Waals surface area (Å²) in [5, 5.41) is 0.477. The maximum atomic E-state index is 13.1. The zero-order valence-electron chi connectivity index (χ0n) is 15.7. The number of sulfone groups is 1. The molecule has 0 spiro atoms. The van der Waals surface area contributed by atoms with Crippen molar-refractivity contribution in [3.05, 3.63) is 71.9 Å².